The highest BCUT2D eigenvalue weighted by Gasteiger charge is 2.58. The lowest BCUT2D eigenvalue weighted by Gasteiger charge is -2.53. The second-order valence-electron chi connectivity index (χ2n) is 9.94. The largest absolute Gasteiger partial charge is 0.413 e. The van der Waals surface area contributed by atoms with Crippen LogP contribution in [0.15, 0.2) is 0 Å². The fourth-order valence-electron chi connectivity index (χ4n) is 4.47. The summed E-state index contributed by atoms with van der Waals surface area (Å²) >= 11 is 0. The van der Waals surface area contributed by atoms with Gasteiger partial charge in [-0.1, -0.05) is 27.7 Å². The SMILES string of the molecule is [2H]C1CC(=O)[C@@H]2C[C@@](C)(CC[C@H]2O[Si](C)(C)C(C)(C)C)C2(C1)OCCO2. The van der Waals surface area contributed by atoms with Gasteiger partial charge < -0.3 is 13.9 Å². The Morgan fingerprint density at radius 2 is 1.88 bits per heavy atom. The van der Waals surface area contributed by atoms with E-state index in [-0.39, 0.29) is 34.7 Å². The Morgan fingerprint density at radius 1 is 1.24 bits per heavy atom. The third-order valence-corrected chi connectivity index (χ3v) is 11.7. The van der Waals surface area contributed by atoms with Crippen LogP contribution in [0.1, 0.15) is 67.6 Å². The van der Waals surface area contributed by atoms with Crippen LogP contribution in [0.3, 0.4) is 0 Å². The van der Waals surface area contributed by atoms with E-state index < -0.39 is 20.5 Å². The number of carbonyl (C=O) groups is 1. The summed E-state index contributed by atoms with van der Waals surface area (Å²) in [6.45, 7) is 14.6. The topological polar surface area (TPSA) is 44.8 Å². The summed E-state index contributed by atoms with van der Waals surface area (Å²) in [7, 11) is -1.95. The summed E-state index contributed by atoms with van der Waals surface area (Å²) in [5.41, 5.74) is -0.225. The molecule has 3 aliphatic rings. The number of fused-ring (bicyclic) bond motifs is 3. The lowest BCUT2D eigenvalue weighted by atomic mass is 9.61. The van der Waals surface area contributed by atoms with E-state index in [4.69, 9.17) is 15.3 Å². The molecule has 0 radical (unpaired) electrons. The number of Topliss-reactive ketones (excluding diaryl/α,β-unsaturated/α-hetero) is 1. The Bertz CT molecular complexity index is 553. The van der Waals surface area contributed by atoms with Gasteiger partial charge in [-0.2, -0.15) is 0 Å². The maximum Gasteiger partial charge on any atom is 0.192 e. The molecule has 2 aliphatic carbocycles. The lowest BCUT2D eigenvalue weighted by molar-refractivity contribution is -0.256. The van der Waals surface area contributed by atoms with Gasteiger partial charge in [0.15, 0.2) is 14.1 Å². The minimum atomic E-state index is -1.95. The van der Waals surface area contributed by atoms with Crippen molar-refractivity contribution in [1.29, 1.82) is 0 Å². The minimum Gasteiger partial charge on any atom is -0.413 e. The summed E-state index contributed by atoms with van der Waals surface area (Å²) in [6.07, 6.45) is 2.83. The van der Waals surface area contributed by atoms with Crippen molar-refractivity contribution < 1.29 is 20.1 Å². The van der Waals surface area contributed by atoms with Gasteiger partial charge >= 0.3 is 0 Å². The Hall–Kier alpha value is -0.233. The van der Waals surface area contributed by atoms with E-state index in [1.807, 2.05) is 0 Å². The van der Waals surface area contributed by atoms with Crippen molar-refractivity contribution in [2.24, 2.45) is 11.3 Å². The van der Waals surface area contributed by atoms with Crippen molar-refractivity contribution in [3.8, 4) is 0 Å². The molecule has 5 heteroatoms. The van der Waals surface area contributed by atoms with Gasteiger partial charge in [0.25, 0.3) is 0 Å². The monoisotopic (exact) mass is 369 g/mol. The second kappa shape index (κ2) is 6.43. The fraction of sp³-hybridized carbons (Fsp3) is 0.950. The first kappa shape index (κ1) is 18.1. The predicted octanol–water partition coefficient (Wildman–Crippen LogP) is 4.68. The zero-order chi connectivity index (χ0) is 19.4. The van der Waals surface area contributed by atoms with Gasteiger partial charge in [0, 0.05) is 25.5 Å². The van der Waals surface area contributed by atoms with Crippen LogP contribution in [-0.4, -0.2) is 39.2 Å². The quantitative estimate of drug-likeness (QED) is 0.663. The standard InChI is InChI=1S/C20H36O4Si/c1-18(2,3)25(5,6)24-17-9-11-19(4)14-15(17)16(21)8-7-10-20(19)22-12-13-23-20/h15,17H,7-14H2,1-6H3/t15-,17+,19+/m0/s1/i7D/t7?,15-,17+,19+. The Kier molecular flexibility index (Phi) is 4.67. The van der Waals surface area contributed by atoms with Crippen LogP contribution >= 0.6 is 0 Å². The molecule has 1 heterocycles. The maximum atomic E-state index is 13.0. The highest BCUT2D eigenvalue weighted by molar-refractivity contribution is 6.74. The fourth-order valence-corrected chi connectivity index (χ4v) is 5.86. The van der Waals surface area contributed by atoms with Crippen LogP contribution < -0.4 is 0 Å². The molecule has 0 N–H and O–H groups in total. The van der Waals surface area contributed by atoms with E-state index in [2.05, 4.69) is 40.8 Å². The van der Waals surface area contributed by atoms with E-state index in [1.165, 1.54) is 0 Å². The highest BCUT2D eigenvalue weighted by atomic mass is 28.4. The highest BCUT2D eigenvalue weighted by Crippen LogP contribution is 2.55. The zero-order valence-corrected chi connectivity index (χ0v) is 17.8. The van der Waals surface area contributed by atoms with Gasteiger partial charge in [0.2, 0.25) is 0 Å². The average molecular weight is 370 g/mol. The molecule has 0 aromatic carbocycles. The molecule has 144 valence electrons. The number of carbonyl (C=O) groups excluding carboxylic acids is 1. The summed E-state index contributed by atoms with van der Waals surface area (Å²) in [5, 5.41) is 0.120. The Morgan fingerprint density at radius 3 is 2.48 bits per heavy atom. The number of ether oxygens (including phenoxy) is 2. The van der Waals surface area contributed by atoms with Crippen molar-refractivity contribution in [2.45, 2.75) is 96.2 Å². The summed E-state index contributed by atoms with van der Waals surface area (Å²) < 4.78 is 27.4. The van der Waals surface area contributed by atoms with Crippen LogP contribution in [0.5, 0.6) is 0 Å². The molecule has 0 aromatic heterocycles. The molecule has 2 saturated carbocycles. The molecule has 0 amide bonds. The summed E-state index contributed by atoms with van der Waals surface area (Å²) in [6, 6.07) is 0. The third kappa shape index (κ3) is 3.37. The van der Waals surface area contributed by atoms with Crippen molar-refractivity contribution in [1.82, 2.24) is 0 Å². The normalized spacial score (nSPS) is 39.8. The molecule has 1 spiro atoms. The van der Waals surface area contributed by atoms with Crippen LogP contribution in [0, 0.1) is 11.3 Å². The number of hydrogen-bond donors (Lipinski definition) is 0. The third-order valence-electron chi connectivity index (χ3n) is 7.20. The molecule has 1 saturated heterocycles. The van der Waals surface area contributed by atoms with Crippen LogP contribution in [-0.2, 0) is 18.7 Å². The summed E-state index contributed by atoms with van der Waals surface area (Å²) in [4.78, 5) is 13.0. The van der Waals surface area contributed by atoms with Crippen LogP contribution in [0.25, 0.3) is 0 Å². The number of rotatable bonds is 2. The van der Waals surface area contributed by atoms with Gasteiger partial charge in [-0.3, -0.25) is 4.79 Å². The first-order valence-corrected chi connectivity index (χ1v) is 12.7. The Balaban J connectivity index is 1.88. The smallest absolute Gasteiger partial charge is 0.192 e. The average Bonchev–Trinajstić information content (AvgIpc) is 2.97. The van der Waals surface area contributed by atoms with Crippen molar-refractivity contribution in [3.05, 3.63) is 0 Å². The van der Waals surface area contributed by atoms with Crippen LogP contribution in [0.2, 0.25) is 18.1 Å². The van der Waals surface area contributed by atoms with E-state index in [0.717, 1.165) is 19.3 Å². The predicted molar refractivity (Wildman–Crippen MR) is 101 cm³/mol. The molecule has 1 aliphatic heterocycles. The Labute approximate surface area is 155 Å². The molecule has 1 unspecified atom stereocenters. The van der Waals surface area contributed by atoms with Crippen LogP contribution in [0.4, 0.5) is 0 Å². The van der Waals surface area contributed by atoms with E-state index in [9.17, 15) is 4.79 Å². The molecule has 25 heavy (non-hydrogen) atoms. The molecule has 0 aromatic rings. The molecule has 4 atom stereocenters. The summed E-state index contributed by atoms with van der Waals surface area (Å²) in [5.74, 6) is -0.631. The first-order chi connectivity index (χ1) is 11.9. The van der Waals surface area contributed by atoms with E-state index in [0.29, 0.717) is 19.6 Å². The molecular weight excluding hydrogens is 332 g/mol. The molecule has 3 fully saturated rings. The number of hydrogen-bond acceptors (Lipinski definition) is 4. The number of ketones is 1. The zero-order valence-electron chi connectivity index (χ0n) is 17.8. The molecule has 2 bridgehead atoms. The van der Waals surface area contributed by atoms with E-state index >= 15 is 0 Å². The van der Waals surface area contributed by atoms with Crippen molar-refractivity contribution >= 4 is 14.1 Å². The molecule has 4 nitrogen and oxygen atoms in total. The van der Waals surface area contributed by atoms with Gasteiger partial charge in [0.05, 0.1) is 19.3 Å². The van der Waals surface area contributed by atoms with Gasteiger partial charge in [-0.05, 0) is 43.8 Å². The van der Waals surface area contributed by atoms with E-state index in [1.54, 1.807) is 0 Å². The lowest BCUT2D eigenvalue weighted by Crippen LogP contribution is -2.57. The van der Waals surface area contributed by atoms with Gasteiger partial charge in [-0.25, -0.2) is 0 Å². The molecule has 3 rings (SSSR count). The van der Waals surface area contributed by atoms with Crippen molar-refractivity contribution in [3.63, 3.8) is 0 Å². The molecular formula is C20H36O4Si. The van der Waals surface area contributed by atoms with Crippen molar-refractivity contribution in [2.75, 3.05) is 13.2 Å². The van der Waals surface area contributed by atoms with Gasteiger partial charge in [0.1, 0.15) is 5.78 Å². The first-order valence-electron chi connectivity index (χ1n) is 10.4. The van der Waals surface area contributed by atoms with Gasteiger partial charge in [-0.15, -0.1) is 0 Å². The maximum absolute atomic E-state index is 13.0. The second-order valence-corrected chi connectivity index (χ2v) is 14.7. The minimum absolute atomic E-state index is 0.0276.